The average molecular weight is 471 g/mol. The third kappa shape index (κ3) is 5.09. The van der Waals surface area contributed by atoms with Gasteiger partial charge in [-0.25, -0.2) is 8.42 Å². The summed E-state index contributed by atoms with van der Waals surface area (Å²) in [5, 5.41) is 3.64. The molecule has 0 aliphatic carbocycles. The highest BCUT2D eigenvalue weighted by atomic mass is 35.5. The molecule has 1 N–H and O–H groups in total. The zero-order valence-electron chi connectivity index (χ0n) is 16.8. The van der Waals surface area contributed by atoms with Crippen molar-refractivity contribution in [2.45, 2.75) is 31.6 Å². The van der Waals surface area contributed by atoms with Crippen LogP contribution in [0.4, 0.5) is 5.69 Å². The molecular formula is C21H24Cl2N2O4S. The van der Waals surface area contributed by atoms with Crippen LogP contribution in [0.3, 0.4) is 0 Å². The van der Waals surface area contributed by atoms with Crippen LogP contribution < -0.4 is 10.1 Å². The molecule has 1 heterocycles. The number of amides is 1. The fourth-order valence-electron chi connectivity index (χ4n) is 3.35. The maximum absolute atomic E-state index is 13.1. The molecule has 1 amide bonds. The van der Waals surface area contributed by atoms with Gasteiger partial charge >= 0.3 is 0 Å². The van der Waals surface area contributed by atoms with Gasteiger partial charge in [-0.05, 0) is 62.6 Å². The molecule has 6 nitrogen and oxygen atoms in total. The molecule has 1 atom stereocenters. The number of hydrogen-bond donors (Lipinski definition) is 1. The highest BCUT2D eigenvalue weighted by molar-refractivity contribution is 7.89. The van der Waals surface area contributed by atoms with Crippen molar-refractivity contribution in [3.8, 4) is 5.75 Å². The summed E-state index contributed by atoms with van der Waals surface area (Å²) < 4.78 is 32.9. The molecule has 3 rings (SSSR count). The van der Waals surface area contributed by atoms with Gasteiger partial charge in [0.05, 0.1) is 22.4 Å². The van der Waals surface area contributed by atoms with E-state index < -0.39 is 15.9 Å². The standard InChI is InChI=1S/C21H24Cl2N2O4S/c1-3-29-20-9-8-17(12-19(20)23)30(27,28)25-10-4-5-15(13-25)21(26)24-16-7-6-14(2)18(22)11-16/h6-9,11-12,15H,3-5,10,13H2,1-2H3,(H,24,26)/t15-/m0/s1. The van der Waals surface area contributed by atoms with Gasteiger partial charge in [0.15, 0.2) is 0 Å². The van der Waals surface area contributed by atoms with Crippen molar-refractivity contribution in [3.63, 3.8) is 0 Å². The summed E-state index contributed by atoms with van der Waals surface area (Å²) in [6.07, 6.45) is 1.21. The lowest BCUT2D eigenvalue weighted by atomic mass is 9.98. The number of anilines is 1. The molecule has 1 aliphatic rings. The Morgan fingerprint density at radius 3 is 2.63 bits per heavy atom. The molecular weight excluding hydrogens is 447 g/mol. The summed E-state index contributed by atoms with van der Waals surface area (Å²) >= 11 is 12.3. The SMILES string of the molecule is CCOc1ccc(S(=O)(=O)N2CCC[C@H](C(=O)Nc3ccc(C)c(Cl)c3)C2)cc1Cl. The van der Waals surface area contributed by atoms with E-state index in [1.807, 2.05) is 19.9 Å². The van der Waals surface area contributed by atoms with Crippen molar-refractivity contribution in [3.05, 3.63) is 52.0 Å². The predicted octanol–water partition coefficient (Wildman–Crippen LogP) is 4.74. The second kappa shape index (κ2) is 9.56. The Labute approximate surface area is 187 Å². The van der Waals surface area contributed by atoms with Gasteiger partial charge in [0, 0.05) is 23.8 Å². The van der Waals surface area contributed by atoms with Crippen LogP contribution in [0.15, 0.2) is 41.3 Å². The largest absolute Gasteiger partial charge is 0.492 e. The molecule has 9 heteroatoms. The van der Waals surface area contributed by atoms with Crippen LogP contribution in [-0.4, -0.2) is 38.3 Å². The van der Waals surface area contributed by atoms with Gasteiger partial charge in [-0.2, -0.15) is 4.31 Å². The number of piperidine rings is 1. The van der Waals surface area contributed by atoms with Crippen LogP contribution in [0, 0.1) is 12.8 Å². The van der Waals surface area contributed by atoms with E-state index in [1.54, 1.807) is 18.2 Å². The van der Waals surface area contributed by atoms with Gasteiger partial charge in [0.25, 0.3) is 0 Å². The number of benzene rings is 2. The smallest absolute Gasteiger partial charge is 0.243 e. The van der Waals surface area contributed by atoms with Crippen LogP contribution in [0.2, 0.25) is 10.0 Å². The van der Waals surface area contributed by atoms with Crippen molar-refractivity contribution in [1.29, 1.82) is 0 Å². The van der Waals surface area contributed by atoms with Crippen molar-refractivity contribution in [1.82, 2.24) is 4.31 Å². The molecule has 1 fully saturated rings. The Balaban J connectivity index is 1.73. The number of rotatable bonds is 6. The van der Waals surface area contributed by atoms with Crippen LogP contribution in [-0.2, 0) is 14.8 Å². The second-order valence-electron chi connectivity index (χ2n) is 7.18. The summed E-state index contributed by atoms with van der Waals surface area (Å²) in [6, 6.07) is 9.70. The minimum absolute atomic E-state index is 0.0855. The Morgan fingerprint density at radius 2 is 1.97 bits per heavy atom. The molecule has 2 aromatic carbocycles. The first kappa shape index (κ1) is 22.9. The monoisotopic (exact) mass is 470 g/mol. The predicted molar refractivity (Wildman–Crippen MR) is 119 cm³/mol. The summed E-state index contributed by atoms with van der Waals surface area (Å²) in [4.78, 5) is 12.8. The zero-order valence-corrected chi connectivity index (χ0v) is 19.1. The van der Waals surface area contributed by atoms with Crippen molar-refractivity contribution < 1.29 is 17.9 Å². The number of nitrogens with one attached hydrogen (secondary N) is 1. The third-order valence-electron chi connectivity index (χ3n) is 5.04. The number of ether oxygens (including phenoxy) is 1. The summed E-state index contributed by atoms with van der Waals surface area (Å²) in [7, 11) is -3.78. The topological polar surface area (TPSA) is 75.7 Å². The Hall–Kier alpha value is -1.80. The van der Waals surface area contributed by atoms with Gasteiger partial charge in [-0.3, -0.25) is 4.79 Å². The van der Waals surface area contributed by atoms with Gasteiger partial charge in [0.2, 0.25) is 15.9 Å². The molecule has 0 bridgehead atoms. The van der Waals surface area contributed by atoms with Crippen LogP contribution in [0.5, 0.6) is 5.75 Å². The fraction of sp³-hybridized carbons (Fsp3) is 0.381. The number of aryl methyl sites for hydroxylation is 1. The second-order valence-corrected chi connectivity index (χ2v) is 9.93. The molecule has 0 spiro atoms. The van der Waals surface area contributed by atoms with Gasteiger partial charge in [-0.15, -0.1) is 0 Å². The average Bonchev–Trinajstić information content (AvgIpc) is 2.72. The van der Waals surface area contributed by atoms with Gasteiger partial charge < -0.3 is 10.1 Å². The molecule has 30 heavy (non-hydrogen) atoms. The lowest BCUT2D eigenvalue weighted by Crippen LogP contribution is -2.43. The van der Waals surface area contributed by atoms with Crippen LogP contribution in [0.25, 0.3) is 0 Å². The van der Waals surface area contributed by atoms with E-state index in [1.165, 1.54) is 16.4 Å². The molecule has 1 aliphatic heterocycles. The Kier molecular flexibility index (Phi) is 7.29. The van der Waals surface area contributed by atoms with Crippen molar-refractivity contribution >= 4 is 44.8 Å². The molecule has 162 valence electrons. The molecule has 0 radical (unpaired) electrons. The third-order valence-corrected chi connectivity index (χ3v) is 7.60. The molecule has 0 aromatic heterocycles. The maximum atomic E-state index is 13.1. The first-order chi connectivity index (χ1) is 14.2. The molecule has 0 unspecified atom stereocenters. The highest BCUT2D eigenvalue weighted by Crippen LogP contribution is 2.31. The Morgan fingerprint density at radius 1 is 1.20 bits per heavy atom. The van der Waals surface area contributed by atoms with Crippen molar-refractivity contribution in [2.24, 2.45) is 5.92 Å². The normalized spacial score (nSPS) is 17.5. The summed E-state index contributed by atoms with van der Waals surface area (Å²) in [6.45, 7) is 4.60. The lowest BCUT2D eigenvalue weighted by Gasteiger charge is -2.31. The zero-order chi connectivity index (χ0) is 21.9. The van der Waals surface area contributed by atoms with Crippen LogP contribution >= 0.6 is 23.2 Å². The number of hydrogen-bond acceptors (Lipinski definition) is 4. The minimum atomic E-state index is -3.78. The van der Waals surface area contributed by atoms with E-state index in [0.29, 0.717) is 42.5 Å². The summed E-state index contributed by atoms with van der Waals surface area (Å²) in [5.41, 5.74) is 1.51. The number of sulfonamides is 1. The van der Waals surface area contributed by atoms with E-state index in [2.05, 4.69) is 5.32 Å². The van der Waals surface area contributed by atoms with Gasteiger partial charge in [0.1, 0.15) is 5.75 Å². The number of carbonyl (C=O) groups is 1. The molecule has 0 saturated carbocycles. The fourth-order valence-corrected chi connectivity index (χ4v) is 5.38. The van der Waals surface area contributed by atoms with Gasteiger partial charge in [-0.1, -0.05) is 29.3 Å². The van der Waals surface area contributed by atoms with Crippen molar-refractivity contribution in [2.75, 3.05) is 25.0 Å². The quantitative estimate of drug-likeness (QED) is 0.661. The Bertz CT molecular complexity index is 1040. The first-order valence-corrected chi connectivity index (χ1v) is 11.9. The molecule has 1 saturated heterocycles. The van der Waals surface area contributed by atoms with E-state index in [9.17, 15) is 13.2 Å². The van der Waals surface area contributed by atoms with E-state index >= 15 is 0 Å². The molecule has 2 aromatic rings. The first-order valence-electron chi connectivity index (χ1n) is 9.72. The van der Waals surface area contributed by atoms with Crippen LogP contribution in [0.1, 0.15) is 25.3 Å². The van der Waals surface area contributed by atoms with E-state index in [0.717, 1.165) is 5.56 Å². The highest BCUT2D eigenvalue weighted by Gasteiger charge is 2.33. The summed E-state index contributed by atoms with van der Waals surface area (Å²) in [5.74, 6) is -0.239. The minimum Gasteiger partial charge on any atom is -0.492 e. The number of carbonyl (C=O) groups excluding carboxylic acids is 1. The number of halogens is 2. The lowest BCUT2D eigenvalue weighted by molar-refractivity contribution is -0.120. The van der Waals surface area contributed by atoms with E-state index in [4.69, 9.17) is 27.9 Å². The number of nitrogens with zero attached hydrogens (tertiary/aromatic N) is 1. The van der Waals surface area contributed by atoms with E-state index in [-0.39, 0.29) is 22.4 Å². The maximum Gasteiger partial charge on any atom is 0.243 e.